The minimum absolute atomic E-state index is 0.0146. The molecule has 120 valence electrons. The van der Waals surface area contributed by atoms with E-state index in [4.69, 9.17) is 9.47 Å². The standard InChI is InChI=1S/C19H22N2O2/c1-22-16-9-6-7-15(13-16)19(18-10-2-4-11-20-18)21-14-17-8-3-5-12-23-17/h2,4-7,9-13,17,19,21H,3,8,14H2,1H3/t17-,19-/m0/s1. The average molecular weight is 310 g/mol. The molecule has 3 rings (SSSR count). The largest absolute Gasteiger partial charge is 0.497 e. The molecule has 1 aromatic carbocycles. The molecule has 0 radical (unpaired) electrons. The zero-order chi connectivity index (χ0) is 15.9. The first kappa shape index (κ1) is 15.6. The topological polar surface area (TPSA) is 43.4 Å². The van der Waals surface area contributed by atoms with Crippen LogP contribution in [-0.4, -0.2) is 24.7 Å². The van der Waals surface area contributed by atoms with Crippen LogP contribution in [0.2, 0.25) is 0 Å². The van der Waals surface area contributed by atoms with Gasteiger partial charge in [-0.15, -0.1) is 0 Å². The molecule has 2 atom stereocenters. The van der Waals surface area contributed by atoms with Gasteiger partial charge in [0, 0.05) is 12.7 Å². The lowest BCUT2D eigenvalue weighted by atomic mass is 10.0. The third-order valence-electron chi connectivity index (χ3n) is 3.98. The third kappa shape index (κ3) is 4.11. The SMILES string of the molecule is COc1cccc([C@H](NC[C@@H]2CCC=CO2)c2ccccn2)c1. The summed E-state index contributed by atoms with van der Waals surface area (Å²) in [4.78, 5) is 4.52. The zero-order valence-corrected chi connectivity index (χ0v) is 13.3. The number of rotatable bonds is 6. The Labute approximate surface area is 137 Å². The van der Waals surface area contributed by atoms with Gasteiger partial charge in [0.25, 0.3) is 0 Å². The predicted molar refractivity (Wildman–Crippen MR) is 90.3 cm³/mol. The molecule has 0 saturated heterocycles. The van der Waals surface area contributed by atoms with Crippen LogP contribution in [0.15, 0.2) is 61.0 Å². The van der Waals surface area contributed by atoms with E-state index in [1.165, 1.54) is 0 Å². The maximum atomic E-state index is 5.66. The fraction of sp³-hybridized carbons (Fsp3) is 0.316. The molecule has 0 fully saturated rings. The van der Waals surface area contributed by atoms with Crippen LogP contribution < -0.4 is 10.1 Å². The highest BCUT2D eigenvalue weighted by molar-refractivity contribution is 5.34. The molecule has 4 heteroatoms. The molecule has 23 heavy (non-hydrogen) atoms. The lowest BCUT2D eigenvalue weighted by molar-refractivity contribution is 0.120. The van der Waals surface area contributed by atoms with Crippen LogP contribution in [0, 0.1) is 0 Å². The quantitative estimate of drug-likeness (QED) is 0.887. The van der Waals surface area contributed by atoms with E-state index in [9.17, 15) is 0 Å². The van der Waals surface area contributed by atoms with Crippen LogP contribution in [0.5, 0.6) is 5.75 Å². The molecule has 0 spiro atoms. The number of allylic oxidation sites excluding steroid dienone is 1. The van der Waals surface area contributed by atoms with Crippen molar-refractivity contribution in [1.29, 1.82) is 0 Å². The summed E-state index contributed by atoms with van der Waals surface area (Å²) in [6, 6.07) is 14.1. The molecular formula is C19H22N2O2. The van der Waals surface area contributed by atoms with E-state index in [-0.39, 0.29) is 12.1 Å². The molecule has 1 N–H and O–H groups in total. The second kappa shape index (κ2) is 7.79. The molecule has 0 aliphatic carbocycles. The number of nitrogens with one attached hydrogen (secondary N) is 1. The second-order valence-corrected chi connectivity index (χ2v) is 5.58. The van der Waals surface area contributed by atoms with Crippen molar-refractivity contribution in [3.63, 3.8) is 0 Å². The van der Waals surface area contributed by atoms with Gasteiger partial charge in [0.1, 0.15) is 11.9 Å². The van der Waals surface area contributed by atoms with E-state index < -0.39 is 0 Å². The van der Waals surface area contributed by atoms with Gasteiger partial charge in [-0.1, -0.05) is 18.2 Å². The number of hydrogen-bond acceptors (Lipinski definition) is 4. The summed E-state index contributed by atoms with van der Waals surface area (Å²) in [7, 11) is 1.69. The van der Waals surface area contributed by atoms with Gasteiger partial charge in [0.05, 0.1) is 25.1 Å². The summed E-state index contributed by atoms with van der Waals surface area (Å²) in [6.07, 6.45) is 8.00. The highest BCUT2D eigenvalue weighted by Gasteiger charge is 2.18. The number of ether oxygens (including phenoxy) is 2. The zero-order valence-electron chi connectivity index (χ0n) is 13.3. The Morgan fingerprint density at radius 2 is 2.26 bits per heavy atom. The molecular weight excluding hydrogens is 288 g/mol. The number of pyridine rings is 1. The van der Waals surface area contributed by atoms with Gasteiger partial charge in [-0.05, 0) is 48.7 Å². The van der Waals surface area contributed by atoms with Gasteiger partial charge in [0.15, 0.2) is 0 Å². The van der Waals surface area contributed by atoms with Crippen molar-refractivity contribution in [2.45, 2.75) is 25.0 Å². The number of nitrogens with zero attached hydrogens (tertiary/aromatic N) is 1. The normalized spacial score (nSPS) is 18.2. The van der Waals surface area contributed by atoms with E-state index in [1.807, 2.05) is 42.6 Å². The van der Waals surface area contributed by atoms with Gasteiger partial charge in [0.2, 0.25) is 0 Å². The predicted octanol–water partition coefficient (Wildman–Crippen LogP) is 3.46. The summed E-state index contributed by atoms with van der Waals surface area (Å²) in [5, 5.41) is 3.60. The molecule has 0 bridgehead atoms. The maximum absolute atomic E-state index is 5.66. The summed E-state index contributed by atoms with van der Waals surface area (Å²) >= 11 is 0. The van der Waals surface area contributed by atoms with Crippen LogP contribution in [-0.2, 0) is 4.74 Å². The summed E-state index contributed by atoms with van der Waals surface area (Å²) in [5.41, 5.74) is 2.13. The van der Waals surface area contributed by atoms with Crippen LogP contribution in [0.4, 0.5) is 0 Å². The number of benzene rings is 1. The van der Waals surface area contributed by atoms with E-state index in [0.717, 1.165) is 36.4 Å². The average Bonchev–Trinajstić information content (AvgIpc) is 2.64. The Morgan fingerprint density at radius 3 is 3.00 bits per heavy atom. The Kier molecular flexibility index (Phi) is 5.27. The fourth-order valence-electron chi connectivity index (χ4n) is 2.75. The van der Waals surface area contributed by atoms with Crippen LogP contribution in [0.3, 0.4) is 0 Å². The molecule has 0 amide bonds. The van der Waals surface area contributed by atoms with Crippen molar-refractivity contribution in [1.82, 2.24) is 10.3 Å². The third-order valence-corrected chi connectivity index (χ3v) is 3.98. The second-order valence-electron chi connectivity index (χ2n) is 5.58. The van der Waals surface area contributed by atoms with Gasteiger partial charge in [-0.2, -0.15) is 0 Å². The molecule has 1 aliphatic heterocycles. The first-order chi connectivity index (χ1) is 11.4. The van der Waals surface area contributed by atoms with Gasteiger partial charge in [-0.25, -0.2) is 0 Å². The van der Waals surface area contributed by atoms with Crippen molar-refractivity contribution in [2.75, 3.05) is 13.7 Å². The fourth-order valence-corrected chi connectivity index (χ4v) is 2.75. The Hall–Kier alpha value is -2.33. The van der Waals surface area contributed by atoms with Gasteiger partial charge in [-0.3, -0.25) is 4.98 Å². The summed E-state index contributed by atoms with van der Waals surface area (Å²) < 4.78 is 11.0. The monoisotopic (exact) mass is 310 g/mol. The first-order valence-electron chi connectivity index (χ1n) is 7.95. The molecule has 0 saturated carbocycles. The van der Waals surface area contributed by atoms with Crippen molar-refractivity contribution in [3.05, 3.63) is 72.3 Å². The minimum atomic E-state index is 0.0146. The first-order valence-corrected chi connectivity index (χ1v) is 7.95. The highest BCUT2D eigenvalue weighted by atomic mass is 16.5. The number of aromatic nitrogens is 1. The lowest BCUT2D eigenvalue weighted by Crippen LogP contribution is -2.33. The molecule has 2 aromatic rings. The Balaban J connectivity index is 1.80. The smallest absolute Gasteiger partial charge is 0.119 e. The van der Waals surface area contributed by atoms with Gasteiger partial charge < -0.3 is 14.8 Å². The lowest BCUT2D eigenvalue weighted by Gasteiger charge is -2.24. The molecule has 2 heterocycles. The maximum Gasteiger partial charge on any atom is 0.119 e. The Morgan fingerprint density at radius 1 is 1.30 bits per heavy atom. The Bertz CT molecular complexity index is 643. The molecule has 1 aromatic heterocycles. The van der Waals surface area contributed by atoms with Gasteiger partial charge >= 0.3 is 0 Å². The van der Waals surface area contributed by atoms with Crippen molar-refractivity contribution < 1.29 is 9.47 Å². The van der Waals surface area contributed by atoms with E-state index in [1.54, 1.807) is 13.4 Å². The summed E-state index contributed by atoms with van der Waals surface area (Å²) in [5.74, 6) is 0.849. The van der Waals surface area contributed by atoms with Crippen molar-refractivity contribution >= 4 is 0 Å². The number of methoxy groups -OCH3 is 1. The van der Waals surface area contributed by atoms with E-state index in [2.05, 4.69) is 22.4 Å². The van der Waals surface area contributed by atoms with Crippen molar-refractivity contribution in [3.8, 4) is 5.75 Å². The summed E-state index contributed by atoms with van der Waals surface area (Å²) in [6.45, 7) is 0.781. The molecule has 0 unspecified atom stereocenters. The minimum Gasteiger partial charge on any atom is -0.497 e. The van der Waals surface area contributed by atoms with E-state index >= 15 is 0 Å². The molecule has 4 nitrogen and oxygen atoms in total. The van der Waals surface area contributed by atoms with Crippen LogP contribution in [0.1, 0.15) is 30.1 Å². The highest BCUT2D eigenvalue weighted by Crippen LogP contribution is 2.24. The molecule has 1 aliphatic rings. The van der Waals surface area contributed by atoms with E-state index in [0.29, 0.717) is 0 Å². The van der Waals surface area contributed by atoms with Crippen LogP contribution >= 0.6 is 0 Å². The van der Waals surface area contributed by atoms with Crippen LogP contribution in [0.25, 0.3) is 0 Å². The number of hydrogen-bond donors (Lipinski definition) is 1. The van der Waals surface area contributed by atoms with Crippen molar-refractivity contribution in [2.24, 2.45) is 0 Å².